The van der Waals surface area contributed by atoms with Gasteiger partial charge in [0.05, 0.1) is 19.4 Å². The largest absolute Gasteiger partial charge is 0.493 e. The van der Waals surface area contributed by atoms with Crippen molar-refractivity contribution in [3.63, 3.8) is 0 Å². The number of likely N-dealkylation sites (tertiary alicyclic amines) is 1. The van der Waals surface area contributed by atoms with Crippen molar-refractivity contribution in [3.05, 3.63) is 53.0 Å². The molecule has 5 rings (SSSR count). The van der Waals surface area contributed by atoms with Crippen LogP contribution in [0.5, 0.6) is 17.2 Å². The summed E-state index contributed by atoms with van der Waals surface area (Å²) in [5.74, 6) is 1.83. The van der Waals surface area contributed by atoms with Crippen molar-refractivity contribution in [1.29, 1.82) is 0 Å². The van der Waals surface area contributed by atoms with Gasteiger partial charge in [-0.25, -0.2) is 9.78 Å². The molecule has 1 aliphatic rings. The number of hydrogen-bond acceptors (Lipinski definition) is 10. The molecule has 10 nitrogen and oxygen atoms in total. The lowest BCUT2D eigenvalue weighted by atomic mass is 10.0. The van der Waals surface area contributed by atoms with Gasteiger partial charge in [-0.05, 0) is 56.5 Å². The van der Waals surface area contributed by atoms with E-state index in [0.29, 0.717) is 34.6 Å². The zero-order valence-electron chi connectivity index (χ0n) is 21.7. The summed E-state index contributed by atoms with van der Waals surface area (Å²) in [7, 11) is 1.65. The molecular formula is C27H31N5O5S. The Kier molecular flexibility index (Phi) is 7.94. The fourth-order valence-electron chi connectivity index (χ4n) is 4.45. The highest BCUT2D eigenvalue weighted by atomic mass is 32.1. The summed E-state index contributed by atoms with van der Waals surface area (Å²) in [4.78, 5) is 23.5. The van der Waals surface area contributed by atoms with Crippen molar-refractivity contribution in [2.75, 3.05) is 37.4 Å². The number of aromatic nitrogens is 2. The summed E-state index contributed by atoms with van der Waals surface area (Å²) in [6.45, 7) is 7.16. The number of benzene rings is 2. The highest BCUT2D eigenvalue weighted by Crippen LogP contribution is 2.31. The third-order valence-electron chi connectivity index (χ3n) is 6.26. The van der Waals surface area contributed by atoms with Gasteiger partial charge in [-0.15, -0.1) is 11.3 Å². The molecule has 2 aromatic carbocycles. The molecule has 0 atom stereocenters. The van der Waals surface area contributed by atoms with Crippen LogP contribution in [0.15, 0.2) is 46.2 Å². The normalized spacial score (nSPS) is 14.4. The Morgan fingerprint density at radius 2 is 2.00 bits per heavy atom. The number of para-hydroxylation sites is 1. The summed E-state index contributed by atoms with van der Waals surface area (Å²) < 4.78 is 22.6. The number of aryl methyl sites for hydroxylation is 1. The smallest absolute Gasteiger partial charge is 0.419 e. The molecule has 0 aliphatic carbocycles. The molecule has 2 aromatic heterocycles. The standard InChI is InChI=1S/C27H31N5O5S/c1-4-35-23-14-18(8-9-21(23)34-3)15-32-12-10-19(11-13-32)29-25-30-20-6-5-7-22(24(20)37-25)36-27(33)31-26-28-17(2)16-38-26/h5-9,14,16,19H,4,10-13,15H2,1-3H3,(H,29,30)(H,28,31,33). The number of amides is 1. The maximum absolute atomic E-state index is 12.3. The topological polar surface area (TPSA) is 111 Å². The number of carbonyl (C=O) groups excluding carboxylic acids is 1. The number of rotatable bonds is 9. The van der Waals surface area contributed by atoms with Crippen LogP contribution in [0, 0.1) is 6.92 Å². The predicted octanol–water partition coefficient (Wildman–Crippen LogP) is 5.69. The van der Waals surface area contributed by atoms with Gasteiger partial charge in [0.25, 0.3) is 6.01 Å². The highest BCUT2D eigenvalue weighted by molar-refractivity contribution is 7.13. The van der Waals surface area contributed by atoms with Gasteiger partial charge in [-0.3, -0.25) is 10.2 Å². The van der Waals surface area contributed by atoms with Crippen LogP contribution in [0.25, 0.3) is 11.1 Å². The van der Waals surface area contributed by atoms with Crippen LogP contribution in [0.4, 0.5) is 15.9 Å². The van der Waals surface area contributed by atoms with Gasteiger partial charge in [0.2, 0.25) is 0 Å². The Labute approximate surface area is 224 Å². The number of fused-ring (bicyclic) bond motifs is 1. The van der Waals surface area contributed by atoms with Gasteiger partial charge in [-0.2, -0.15) is 4.98 Å². The number of hydrogen-bond donors (Lipinski definition) is 2. The van der Waals surface area contributed by atoms with E-state index in [0.717, 1.165) is 49.7 Å². The quantitative estimate of drug-likeness (QED) is 0.278. The van der Waals surface area contributed by atoms with Crippen LogP contribution >= 0.6 is 11.3 Å². The molecule has 200 valence electrons. The second kappa shape index (κ2) is 11.7. The SMILES string of the molecule is CCOc1cc(CN2CCC(Nc3nc4cccc(OC(=O)Nc5nc(C)cs5)c4o3)CC2)ccc1OC. The first kappa shape index (κ1) is 25.8. The zero-order chi connectivity index (χ0) is 26.5. The van der Waals surface area contributed by atoms with Crippen molar-refractivity contribution in [1.82, 2.24) is 14.9 Å². The molecule has 1 amide bonds. The number of carbonyl (C=O) groups is 1. The monoisotopic (exact) mass is 537 g/mol. The molecular weight excluding hydrogens is 506 g/mol. The average molecular weight is 538 g/mol. The summed E-state index contributed by atoms with van der Waals surface area (Å²) in [5, 5.41) is 8.38. The summed E-state index contributed by atoms with van der Waals surface area (Å²) in [6.07, 6.45) is 1.27. The van der Waals surface area contributed by atoms with Gasteiger partial charge in [-0.1, -0.05) is 12.1 Å². The second-order valence-electron chi connectivity index (χ2n) is 9.04. The van der Waals surface area contributed by atoms with Gasteiger partial charge >= 0.3 is 6.09 Å². The number of ether oxygens (including phenoxy) is 3. The fraction of sp³-hybridized carbons (Fsp3) is 0.370. The minimum Gasteiger partial charge on any atom is -0.493 e. The number of oxazole rings is 1. The number of anilines is 2. The molecule has 11 heteroatoms. The van der Waals surface area contributed by atoms with Crippen LogP contribution in [-0.4, -0.2) is 53.8 Å². The van der Waals surface area contributed by atoms with Crippen molar-refractivity contribution >= 4 is 39.7 Å². The van der Waals surface area contributed by atoms with E-state index in [9.17, 15) is 4.79 Å². The molecule has 0 bridgehead atoms. The number of methoxy groups -OCH3 is 1. The summed E-state index contributed by atoms with van der Waals surface area (Å²) in [5.41, 5.74) is 3.06. The Hall–Kier alpha value is -3.83. The van der Waals surface area contributed by atoms with Crippen LogP contribution in [0.2, 0.25) is 0 Å². The number of nitrogens with one attached hydrogen (secondary N) is 2. The van der Waals surface area contributed by atoms with Gasteiger partial charge in [0, 0.05) is 31.1 Å². The molecule has 4 aromatic rings. The summed E-state index contributed by atoms with van der Waals surface area (Å²) in [6, 6.07) is 12.0. The van der Waals surface area contributed by atoms with Gasteiger partial charge in [0.1, 0.15) is 5.52 Å². The predicted molar refractivity (Wildman–Crippen MR) is 147 cm³/mol. The van der Waals surface area contributed by atoms with Crippen LogP contribution in [-0.2, 0) is 6.54 Å². The molecule has 0 saturated carbocycles. The van der Waals surface area contributed by atoms with E-state index in [2.05, 4.69) is 37.6 Å². The van der Waals surface area contributed by atoms with E-state index in [1.54, 1.807) is 19.2 Å². The van der Waals surface area contributed by atoms with Crippen LogP contribution < -0.4 is 24.8 Å². The first-order valence-electron chi connectivity index (χ1n) is 12.6. The maximum atomic E-state index is 12.3. The van der Waals surface area contributed by atoms with Crippen molar-refractivity contribution in [2.24, 2.45) is 0 Å². The Morgan fingerprint density at radius 3 is 2.74 bits per heavy atom. The lowest BCUT2D eigenvalue weighted by molar-refractivity contribution is 0.209. The highest BCUT2D eigenvalue weighted by Gasteiger charge is 2.22. The molecule has 2 N–H and O–H groups in total. The number of piperidine rings is 1. The fourth-order valence-corrected chi connectivity index (χ4v) is 5.12. The van der Waals surface area contributed by atoms with Crippen molar-refractivity contribution in [2.45, 2.75) is 39.3 Å². The maximum Gasteiger partial charge on any atom is 0.419 e. The Bertz CT molecular complexity index is 1400. The van der Waals surface area contributed by atoms with Gasteiger partial charge in [0.15, 0.2) is 28.0 Å². The second-order valence-corrected chi connectivity index (χ2v) is 9.90. The van der Waals surface area contributed by atoms with Crippen LogP contribution in [0.3, 0.4) is 0 Å². The van der Waals surface area contributed by atoms with Gasteiger partial charge < -0.3 is 23.9 Å². The first-order valence-corrected chi connectivity index (χ1v) is 13.5. The van der Waals surface area contributed by atoms with E-state index >= 15 is 0 Å². The lowest BCUT2D eigenvalue weighted by Crippen LogP contribution is -2.38. The molecule has 0 radical (unpaired) electrons. The van der Waals surface area contributed by atoms with Crippen molar-refractivity contribution in [3.8, 4) is 17.2 Å². The third-order valence-corrected chi connectivity index (χ3v) is 7.13. The first-order chi connectivity index (χ1) is 18.5. The average Bonchev–Trinajstić information content (AvgIpc) is 3.51. The molecule has 3 heterocycles. The minimum absolute atomic E-state index is 0.231. The summed E-state index contributed by atoms with van der Waals surface area (Å²) >= 11 is 1.34. The van der Waals surface area contributed by atoms with E-state index < -0.39 is 6.09 Å². The van der Waals surface area contributed by atoms with Crippen LogP contribution in [0.1, 0.15) is 31.0 Å². The third kappa shape index (κ3) is 6.17. The molecule has 38 heavy (non-hydrogen) atoms. The van der Waals surface area contributed by atoms with E-state index in [1.807, 2.05) is 31.4 Å². The van der Waals surface area contributed by atoms with E-state index in [-0.39, 0.29) is 6.04 Å². The Balaban J connectivity index is 1.16. The molecule has 1 saturated heterocycles. The molecule has 0 spiro atoms. The Morgan fingerprint density at radius 1 is 1.16 bits per heavy atom. The zero-order valence-corrected chi connectivity index (χ0v) is 22.5. The molecule has 0 unspecified atom stereocenters. The van der Waals surface area contributed by atoms with Crippen molar-refractivity contribution < 1.29 is 23.4 Å². The van der Waals surface area contributed by atoms with E-state index in [4.69, 9.17) is 18.6 Å². The van der Waals surface area contributed by atoms with E-state index in [1.165, 1.54) is 16.9 Å². The number of nitrogens with zero attached hydrogens (tertiary/aromatic N) is 3. The molecule has 1 aliphatic heterocycles. The number of thiazole rings is 1. The minimum atomic E-state index is -0.629. The molecule has 1 fully saturated rings. The lowest BCUT2D eigenvalue weighted by Gasteiger charge is -2.32.